The summed E-state index contributed by atoms with van der Waals surface area (Å²) in [7, 11) is 0. The van der Waals surface area contributed by atoms with E-state index in [4.69, 9.17) is 9.47 Å². The van der Waals surface area contributed by atoms with Crippen molar-refractivity contribution in [2.24, 2.45) is 5.92 Å². The minimum atomic E-state index is -0.363. The third-order valence-electron chi connectivity index (χ3n) is 4.14. The molecule has 0 aliphatic heterocycles. The topological polar surface area (TPSA) is 52.6 Å². The van der Waals surface area contributed by atoms with Gasteiger partial charge in [0.25, 0.3) is 0 Å². The number of esters is 2. The van der Waals surface area contributed by atoms with Gasteiger partial charge in [0, 0.05) is 0 Å². The first-order valence-corrected chi connectivity index (χ1v) is 9.99. The number of unbranched alkanes of at least 4 members (excludes halogenated alkanes) is 7. The number of benzene rings is 1. The van der Waals surface area contributed by atoms with Crippen LogP contribution in [0.1, 0.15) is 92.9 Å². The van der Waals surface area contributed by atoms with E-state index in [-0.39, 0.29) is 11.9 Å². The Morgan fingerprint density at radius 3 is 1.73 bits per heavy atom. The molecule has 1 aromatic rings. The summed E-state index contributed by atoms with van der Waals surface area (Å²) < 4.78 is 10.5. The summed E-state index contributed by atoms with van der Waals surface area (Å²) in [5.41, 5.74) is 0.912. The predicted octanol–water partition coefficient (Wildman–Crippen LogP) is 5.80. The van der Waals surface area contributed by atoms with Crippen molar-refractivity contribution in [1.82, 2.24) is 0 Å². The van der Waals surface area contributed by atoms with Crippen molar-refractivity contribution < 1.29 is 19.1 Å². The van der Waals surface area contributed by atoms with Crippen LogP contribution < -0.4 is 0 Å². The molecule has 4 nitrogen and oxygen atoms in total. The highest BCUT2D eigenvalue weighted by atomic mass is 16.5. The Labute approximate surface area is 158 Å². The maximum absolute atomic E-state index is 12.0. The summed E-state index contributed by atoms with van der Waals surface area (Å²) >= 11 is 0. The molecule has 0 saturated heterocycles. The molecule has 1 rings (SSSR count). The first-order valence-electron chi connectivity index (χ1n) is 9.99. The van der Waals surface area contributed by atoms with E-state index in [2.05, 4.69) is 6.92 Å². The van der Waals surface area contributed by atoms with Crippen molar-refractivity contribution in [3.63, 3.8) is 0 Å². The summed E-state index contributed by atoms with van der Waals surface area (Å²) in [5.74, 6) is -0.405. The van der Waals surface area contributed by atoms with Crippen LogP contribution in [0, 0.1) is 5.92 Å². The lowest BCUT2D eigenvalue weighted by Gasteiger charge is -2.08. The van der Waals surface area contributed by atoms with Gasteiger partial charge in [0.15, 0.2) is 0 Å². The molecule has 1 aromatic carbocycles. The van der Waals surface area contributed by atoms with Crippen LogP contribution >= 0.6 is 0 Å². The van der Waals surface area contributed by atoms with Gasteiger partial charge in [-0.1, -0.05) is 65.7 Å². The molecule has 0 unspecified atom stereocenters. The zero-order valence-corrected chi connectivity index (χ0v) is 16.6. The molecule has 0 spiro atoms. The molecule has 0 heterocycles. The molecule has 0 aromatic heterocycles. The molecule has 0 radical (unpaired) electrons. The second kappa shape index (κ2) is 13.4. The fourth-order valence-corrected chi connectivity index (χ4v) is 2.55. The number of ether oxygens (including phenoxy) is 2. The first-order chi connectivity index (χ1) is 12.5. The van der Waals surface area contributed by atoms with Gasteiger partial charge in [-0.05, 0) is 36.6 Å². The second-order valence-corrected chi connectivity index (χ2v) is 7.18. The highest BCUT2D eigenvalue weighted by Gasteiger charge is 2.11. The molecule has 0 aliphatic carbocycles. The van der Waals surface area contributed by atoms with E-state index in [1.54, 1.807) is 24.3 Å². The Hall–Kier alpha value is -1.84. The molecule has 0 N–H and O–H groups in total. The molecule has 0 fully saturated rings. The number of carbonyl (C=O) groups excluding carboxylic acids is 2. The molecular weight excluding hydrogens is 328 g/mol. The fourth-order valence-electron chi connectivity index (χ4n) is 2.55. The zero-order valence-electron chi connectivity index (χ0n) is 16.6. The molecule has 26 heavy (non-hydrogen) atoms. The van der Waals surface area contributed by atoms with Crippen LogP contribution in [0.2, 0.25) is 0 Å². The van der Waals surface area contributed by atoms with E-state index in [1.807, 2.05) is 13.8 Å². The number of carbonyl (C=O) groups is 2. The monoisotopic (exact) mass is 362 g/mol. The quantitative estimate of drug-likeness (QED) is 0.329. The maximum atomic E-state index is 12.0. The Balaban J connectivity index is 2.21. The van der Waals surface area contributed by atoms with Gasteiger partial charge in [0.05, 0.1) is 24.3 Å². The SMILES string of the molecule is CCCCCCCCCCOC(=O)c1ccc(C(=O)OCC(C)C)cc1. The van der Waals surface area contributed by atoms with Gasteiger partial charge in [-0.25, -0.2) is 9.59 Å². The third-order valence-corrected chi connectivity index (χ3v) is 4.14. The van der Waals surface area contributed by atoms with E-state index >= 15 is 0 Å². The average Bonchev–Trinajstić information content (AvgIpc) is 2.64. The van der Waals surface area contributed by atoms with Gasteiger partial charge in [-0.2, -0.15) is 0 Å². The van der Waals surface area contributed by atoms with Gasteiger partial charge in [0.1, 0.15) is 0 Å². The van der Waals surface area contributed by atoms with Crippen molar-refractivity contribution >= 4 is 11.9 Å². The summed E-state index contributed by atoms with van der Waals surface area (Å²) in [6, 6.07) is 6.44. The molecule has 0 amide bonds. The van der Waals surface area contributed by atoms with Crippen LogP contribution in [0.25, 0.3) is 0 Å². The van der Waals surface area contributed by atoms with Gasteiger partial charge in [-0.3, -0.25) is 0 Å². The normalized spacial score (nSPS) is 10.8. The lowest BCUT2D eigenvalue weighted by molar-refractivity contribution is 0.0454. The Bertz CT molecular complexity index is 519. The average molecular weight is 363 g/mol. The van der Waals surface area contributed by atoms with Crippen LogP contribution in [-0.4, -0.2) is 25.2 Å². The summed E-state index contributed by atoms with van der Waals surface area (Å²) in [6.45, 7) is 7.03. The van der Waals surface area contributed by atoms with Gasteiger partial charge < -0.3 is 9.47 Å². The predicted molar refractivity (Wildman–Crippen MR) is 104 cm³/mol. The first kappa shape index (κ1) is 22.2. The summed E-state index contributed by atoms with van der Waals surface area (Å²) in [5, 5.41) is 0. The van der Waals surface area contributed by atoms with Crippen LogP contribution in [0.15, 0.2) is 24.3 Å². The standard InChI is InChI=1S/C22H34O4/c1-4-5-6-7-8-9-10-11-16-25-21(23)19-12-14-20(15-13-19)22(24)26-17-18(2)3/h12-15,18H,4-11,16-17H2,1-3H3. The van der Waals surface area contributed by atoms with Crippen molar-refractivity contribution in [2.75, 3.05) is 13.2 Å². The molecule has 4 heteroatoms. The van der Waals surface area contributed by atoms with E-state index < -0.39 is 0 Å². The number of hydrogen-bond donors (Lipinski definition) is 0. The fraction of sp³-hybridized carbons (Fsp3) is 0.636. The van der Waals surface area contributed by atoms with Crippen molar-refractivity contribution in [3.8, 4) is 0 Å². The second-order valence-electron chi connectivity index (χ2n) is 7.18. The van der Waals surface area contributed by atoms with Crippen LogP contribution in [0.4, 0.5) is 0 Å². The lowest BCUT2D eigenvalue weighted by atomic mass is 10.1. The third kappa shape index (κ3) is 9.59. The largest absolute Gasteiger partial charge is 0.462 e. The summed E-state index contributed by atoms with van der Waals surface area (Å²) in [6.07, 6.45) is 9.70. The minimum Gasteiger partial charge on any atom is -0.462 e. The molecular formula is C22H34O4. The molecule has 0 bridgehead atoms. The smallest absolute Gasteiger partial charge is 0.338 e. The zero-order chi connectivity index (χ0) is 19.2. The molecule has 0 aliphatic rings. The summed E-state index contributed by atoms with van der Waals surface area (Å²) in [4.78, 5) is 23.9. The van der Waals surface area contributed by atoms with Gasteiger partial charge >= 0.3 is 11.9 Å². The molecule has 146 valence electrons. The van der Waals surface area contributed by atoms with Gasteiger partial charge in [0.2, 0.25) is 0 Å². The van der Waals surface area contributed by atoms with Crippen LogP contribution in [-0.2, 0) is 9.47 Å². The van der Waals surface area contributed by atoms with E-state index in [0.29, 0.717) is 30.3 Å². The molecule has 0 atom stereocenters. The minimum absolute atomic E-state index is 0.296. The highest BCUT2D eigenvalue weighted by Crippen LogP contribution is 2.11. The highest BCUT2D eigenvalue weighted by molar-refractivity contribution is 5.93. The lowest BCUT2D eigenvalue weighted by Crippen LogP contribution is -2.11. The Kier molecular flexibility index (Phi) is 11.4. The van der Waals surface area contributed by atoms with Crippen molar-refractivity contribution in [3.05, 3.63) is 35.4 Å². The molecule has 0 saturated carbocycles. The maximum Gasteiger partial charge on any atom is 0.338 e. The van der Waals surface area contributed by atoms with Crippen LogP contribution in [0.3, 0.4) is 0 Å². The Morgan fingerprint density at radius 1 is 0.769 bits per heavy atom. The Morgan fingerprint density at radius 2 is 1.23 bits per heavy atom. The number of hydrogen-bond acceptors (Lipinski definition) is 4. The van der Waals surface area contributed by atoms with Crippen molar-refractivity contribution in [1.29, 1.82) is 0 Å². The van der Waals surface area contributed by atoms with Crippen LogP contribution in [0.5, 0.6) is 0 Å². The van der Waals surface area contributed by atoms with Gasteiger partial charge in [-0.15, -0.1) is 0 Å². The number of rotatable bonds is 13. The van der Waals surface area contributed by atoms with E-state index in [1.165, 1.54) is 38.5 Å². The van der Waals surface area contributed by atoms with E-state index in [0.717, 1.165) is 12.8 Å². The van der Waals surface area contributed by atoms with E-state index in [9.17, 15) is 9.59 Å². The van der Waals surface area contributed by atoms with Crippen molar-refractivity contribution in [2.45, 2.75) is 72.1 Å².